The molecule has 2 rings (SSSR count). The maximum atomic E-state index is 13.1. The van der Waals surface area contributed by atoms with Crippen LogP contribution in [-0.2, 0) is 4.79 Å². The van der Waals surface area contributed by atoms with E-state index in [1.165, 1.54) is 4.90 Å². The van der Waals surface area contributed by atoms with Crippen molar-refractivity contribution in [1.82, 2.24) is 9.88 Å². The Morgan fingerprint density at radius 1 is 1.58 bits per heavy atom. The number of aliphatic hydroxyl groups excluding tert-OH is 1. The third-order valence-corrected chi connectivity index (χ3v) is 3.49. The second kappa shape index (κ2) is 6.08. The molecule has 0 aromatic carbocycles. The van der Waals surface area contributed by atoms with E-state index in [-0.39, 0.29) is 19.1 Å². The van der Waals surface area contributed by atoms with Crippen molar-refractivity contribution in [3.05, 3.63) is 30.1 Å². The van der Waals surface area contributed by atoms with E-state index in [4.69, 9.17) is 5.73 Å². The first-order chi connectivity index (χ1) is 9.13. The molecule has 1 aromatic heterocycles. The van der Waals surface area contributed by atoms with Gasteiger partial charge in [-0.05, 0) is 24.1 Å². The maximum Gasteiger partial charge on any atom is 0.240 e. The summed E-state index contributed by atoms with van der Waals surface area (Å²) in [6, 6.07) is 2.57. The van der Waals surface area contributed by atoms with Gasteiger partial charge in [0.15, 0.2) is 0 Å². The zero-order valence-electron chi connectivity index (χ0n) is 10.6. The number of nitrogens with zero attached hydrogens (tertiary/aromatic N) is 2. The summed E-state index contributed by atoms with van der Waals surface area (Å²) in [5.41, 5.74) is 6.69. The molecule has 1 saturated heterocycles. The monoisotopic (exact) mass is 267 g/mol. The normalized spacial score (nSPS) is 22.3. The first-order valence-corrected chi connectivity index (χ1v) is 6.32. The van der Waals surface area contributed by atoms with E-state index in [0.29, 0.717) is 13.0 Å². The number of aromatic nitrogens is 1. The van der Waals surface area contributed by atoms with Crippen molar-refractivity contribution in [2.75, 3.05) is 19.7 Å². The SMILES string of the molecule is NC(C(=O)N1CC[C@H](F)C1)C(CO)c1ccncc1. The Morgan fingerprint density at radius 2 is 2.26 bits per heavy atom. The molecule has 1 aliphatic rings. The maximum absolute atomic E-state index is 13.1. The number of pyridine rings is 1. The number of amides is 1. The molecule has 1 aromatic rings. The van der Waals surface area contributed by atoms with E-state index in [2.05, 4.69) is 4.98 Å². The highest BCUT2D eigenvalue weighted by Crippen LogP contribution is 2.21. The minimum atomic E-state index is -0.968. The highest BCUT2D eigenvalue weighted by molar-refractivity contribution is 5.83. The van der Waals surface area contributed by atoms with Crippen LogP contribution in [0.3, 0.4) is 0 Å². The van der Waals surface area contributed by atoms with Gasteiger partial charge >= 0.3 is 0 Å². The van der Waals surface area contributed by atoms with Crippen molar-refractivity contribution in [2.24, 2.45) is 5.73 Å². The zero-order valence-corrected chi connectivity index (χ0v) is 10.6. The minimum absolute atomic E-state index is 0.0982. The van der Waals surface area contributed by atoms with Gasteiger partial charge in [0.25, 0.3) is 0 Å². The minimum Gasteiger partial charge on any atom is -0.396 e. The smallest absolute Gasteiger partial charge is 0.240 e. The summed E-state index contributed by atoms with van der Waals surface area (Å²) in [6.07, 6.45) is 2.56. The van der Waals surface area contributed by atoms with E-state index >= 15 is 0 Å². The predicted molar refractivity (Wildman–Crippen MR) is 68.1 cm³/mol. The highest BCUT2D eigenvalue weighted by atomic mass is 19.1. The summed E-state index contributed by atoms with van der Waals surface area (Å²) in [5.74, 6) is -0.801. The number of rotatable bonds is 4. The van der Waals surface area contributed by atoms with Crippen LogP contribution in [0, 0.1) is 0 Å². The summed E-state index contributed by atoms with van der Waals surface area (Å²) in [6.45, 7) is 0.257. The fraction of sp³-hybridized carbons (Fsp3) is 0.538. The van der Waals surface area contributed by atoms with Gasteiger partial charge in [-0.15, -0.1) is 0 Å². The third-order valence-electron chi connectivity index (χ3n) is 3.49. The average molecular weight is 267 g/mol. The molecule has 0 spiro atoms. The molecule has 0 saturated carbocycles. The lowest BCUT2D eigenvalue weighted by atomic mass is 9.92. The largest absolute Gasteiger partial charge is 0.396 e. The standard InChI is InChI=1S/C13H18FN3O2/c14-10-3-6-17(7-10)13(19)12(15)11(8-18)9-1-4-16-5-2-9/h1-2,4-5,10-12,18H,3,6-8,15H2/t10-,11?,12?/m0/s1. The van der Waals surface area contributed by atoms with Crippen molar-refractivity contribution in [3.8, 4) is 0 Å². The second-order valence-electron chi connectivity index (χ2n) is 4.77. The topological polar surface area (TPSA) is 79.5 Å². The number of nitrogens with two attached hydrogens (primary N) is 1. The predicted octanol–water partition coefficient (Wildman–Crippen LogP) is 0.0552. The van der Waals surface area contributed by atoms with Gasteiger partial charge in [0.1, 0.15) is 6.17 Å². The molecule has 0 bridgehead atoms. The zero-order chi connectivity index (χ0) is 13.8. The molecule has 1 amide bonds. The number of carbonyl (C=O) groups excluding carboxylic acids is 1. The first-order valence-electron chi connectivity index (χ1n) is 6.32. The van der Waals surface area contributed by atoms with Gasteiger partial charge in [0, 0.05) is 24.9 Å². The Balaban J connectivity index is 2.08. The van der Waals surface area contributed by atoms with Gasteiger partial charge < -0.3 is 15.7 Å². The van der Waals surface area contributed by atoms with Gasteiger partial charge in [-0.1, -0.05) is 0 Å². The summed E-state index contributed by atoms with van der Waals surface area (Å²) >= 11 is 0. The van der Waals surface area contributed by atoms with Gasteiger partial charge in [-0.3, -0.25) is 9.78 Å². The number of halogens is 1. The Kier molecular flexibility index (Phi) is 4.44. The van der Waals surface area contributed by atoms with Crippen LogP contribution < -0.4 is 5.73 Å². The van der Waals surface area contributed by atoms with Crippen molar-refractivity contribution < 1.29 is 14.3 Å². The van der Waals surface area contributed by atoms with Crippen LogP contribution in [0.4, 0.5) is 4.39 Å². The number of hydrogen-bond donors (Lipinski definition) is 2. The van der Waals surface area contributed by atoms with E-state index in [1.54, 1.807) is 24.5 Å². The van der Waals surface area contributed by atoms with E-state index < -0.39 is 18.1 Å². The van der Waals surface area contributed by atoms with E-state index in [0.717, 1.165) is 5.56 Å². The van der Waals surface area contributed by atoms with Crippen LogP contribution in [0.5, 0.6) is 0 Å². The Morgan fingerprint density at radius 3 is 2.79 bits per heavy atom. The van der Waals surface area contributed by atoms with Gasteiger partial charge in [0.05, 0.1) is 19.2 Å². The number of aliphatic hydroxyl groups is 1. The van der Waals surface area contributed by atoms with Gasteiger partial charge in [-0.2, -0.15) is 0 Å². The van der Waals surface area contributed by atoms with E-state index in [9.17, 15) is 14.3 Å². The molecule has 5 nitrogen and oxygen atoms in total. The van der Waals surface area contributed by atoms with Gasteiger partial charge in [0.2, 0.25) is 5.91 Å². The Hall–Kier alpha value is -1.53. The molecular weight excluding hydrogens is 249 g/mol. The Labute approximate surface area is 111 Å². The quantitative estimate of drug-likeness (QED) is 0.808. The molecule has 2 heterocycles. The second-order valence-corrected chi connectivity index (χ2v) is 4.77. The third kappa shape index (κ3) is 3.08. The molecule has 0 radical (unpaired) electrons. The molecule has 104 valence electrons. The van der Waals surface area contributed by atoms with Crippen LogP contribution in [0.2, 0.25) is 0 Å². The van der Waals surface area contributed by atoms with Crippen LogP contribution in [-0.4, -0.2) is 52.8 Å². The lowest BCUT2D eigenvalue weighted by Crippen LogP contribution is -2.47. The van der Waals surface area contributed by atoms with Crippen molar-refractivity contribution in [1.29, 1.82) is 0 Å². The molecule has 2 unspecified atom stereocenters. The summed E-state index contributed by atoms with van der Waals surface area (Å²) in [7, 11) is 0. The van der Waals surface area contributed by atoms with Crippen LogP contribution in [0.1, 0.15) is 17.9 Å². The molecule has 3 atom stereocenters. The number of alkyl halides is 1. The summed E-state index contributed by atoms with van der Waals surface area (Å²) in [4.78, 5) is 17.5. The average Bonchev–Trinajstić information content (AvgIpc) is 2.86. The molecule has 1 fully saturated rings. The molecule has 19 heavy (non-hydrogen) atoms. The lowest BCUT2D eigenvalue weighted by molar-refractivity contribution is -0.132. The lowest BCUT2D eigenvalue weighted by Gasteiger charge is -2.26. The van der Waals surface area contributed by atoms with Crippen molar-refractivity contribution >= 4 is 5.91 Å². The number of likely N-dealkylation sites (tertiary alicyclic amines) is 1. The molecular formula is C13H18FN3O2. The summed E-state index contributed by atoms with van der Waals surface area (Å²) in [5, 5.41) is 9.45. The van der Waals surface area contributed by atoms with Crippen molar-refractivity contribution in [3.63, 3.8) is 0 Å². The van der Waals surface area contributed by atoms with Crippen LogP contribution in [0.15, 0.2) is 24.5 Å². The number of hydrogen-bond acceptors (Lipinski definition) is 4. The first kappa shape index (κ1) is 13.9. The number of carbonyl (C=O) groups is 1. The Bertz CT molecular complexity index is 429. The van der Waals surface area contributed by atoms with E-state index in [1.807, 2.05) is 0 Å². The molecule has 3 N–H and O–H groups in total. The molecule has 1 aliphatic heterocycles. The van der Waals surface area contributed by atoms with Crippen LogP contribution >= 0.6 is 0 Å². The molecule has 6 heteroatoms. The van der Waals surface area contributed by atoms with Crippen LogP contribution in [0.25, 0.3) is 0 Å². The summed E-state index contributed by atoms with van der Waals surface area (Å²) < 4.78 is 13.1. The fourth-order valence-corrected chi connectivity index (χ4v) is 2.34. The fourth-order valence-electron chi connectivity index (χ4n) is 2.34. The van der Waals surface area contributed by atoms with Gasteiger partial charge in [-0.25, -0.2) is 4.39 Å². The van der Waals surface area contributed by atoms with Crippen molar-refractivity contribution in [2.45, 2.75) is 24.6 Å². The molecule has 0 aliphatic carbocycles. The highest BCUT2D eigenvalue weighted by Gasteiger charge is 2.33.